The van der Waals surface area contributed by atoms with E-state index in [1.165, 1.54) is 5.56 Å². The highest BCUT2D eigenvalue weighted by Gasteiger charge is 2.00. The van der Waals surface area contributed by atoms with Crippen LogP contribution in [0.1, 0.15) is 5.56 Å². The number of aromatic nitrogens is 2. The predicted molar refractivity (Wildman–Crippen MR) is 79.1 cm³/mol. The maximum absolute atomic E-state index is 5.88. The lowest BCUT2D eigenvalue weighted by Crippen LogP contribution is -2.06. The number of rotatable bonds is 4. The van der Waals surface area contributed by atoms with Crippen LogP contribution in [0.5, 0.6) is 0 Å². The Morgan fingerprint density at radius 2 is 2.05 bits per heavy atom. The Balaban J connectivity index is 1.64. The van der Waals surface area contributed by atoms with Crippen molar-refractivity contribution < 1.29 is 0 Å². The molecule has 3 aromatic rings. The Morgan fingerprint density at radius 1 is 1.16 bits per heavy atom. The van der Waals surface area contributed by atoms with Crippen molar-refractivity contribution in [2.75, 3.05) is 17.6 Å². The SMILES string of the molecule is Nc1ccccc1NCCc1ccc2nc[nH]c2c1. The molecule has 0 amide bonds. The fourth-order valence-corrected chi connectivity index (χ4v) is 2.14. The molecule has 0 saturated heterocycles. The highest BCUT2D eigenvalue weighted by Crippen LogP contribution is 2.17. The monoisotopic (exact) mass is 252 g/mol. The largest absolute Gasteiger partial charge is 0.397 e. The van der Waals surface area contributed by atoms with Crippen molar-refractivity contribution in [1.29, 1.82) is 0 Å². The van der Waals surface area contributed by atoms with Crippen LogP contribution in [0, 0.1) is 0 Å². The summed E-state index contributed by atoms with van der Waals surface area (Å²) in [7, 11) is 0. The summed E-state index contributed by atoms with van der Waals surface area (Å²) < 4.78 is 0. The van der Waals surface area contributed by atoms with E-state index in [-0.39, 0.29) is 0 Å². The lowest BCUT2D eigenvalue weighted by atomic mass is 10.1. The molecule has 4 N–H and O–H groups in total. The molecule has 19 heavy (non-hydrogen) atoms. The second-order valence-electron chi connectivity index (χ2n) is 4.52. The molecule has 0 aliphatic rings. The second-order valence-corrected chi connectivity index (χ2v) is 4.52. The van der Waals surface area contributed by atoms with Gasteiger partial charge in [0, 0.05) is 6.54 Å². The Morgan fingerprint density at radius 3 is 2.95 bits per heavy atom. The van der Waals surface area contributed by atoms with Crippen molar-refractivity contribution in [3.8, 4) is 0 Å². The van der Waals surface area contributed by atoms with Gasteiger partial charge in [-0.1, -0.05) is 18.2 Å². The molecule has 0 aliphatic heterocycles. The molecule has 0 unspecified atom stereocenters. The van der Waals surface area contributed by atoms with E-state index in [1.54, 1.807) is 6.33 Å². The molecule has 0 radical (unpaired) electrons. The van der Waals surface area contributed by atoms with Crippen LogP contribution >= 0.6 is 0 Å². The first-order chi connectivity index (χ1) is 9.33. The molecule has 4 nitrogen and oxygen atoms in total. The van der Waals surface area contributed by atoms with Crippen LogP contribution in [0.25, 0.3) is 11.0 Å². The van der Waals surface area contributed by atoms with Crippen LogP contribution in [-0.4, -0.2) is 16.5 Å². The van der Waals surface area contributed by atoms with Gasteiger partial charge in [0.05, 0.1) is 28.7 Å². The maximum Gasteiger partial charge on any atom is 0.0931 e. The van der Waals surface area contributed by atoms with Gasteiger partial charge in [0.2, 0.25) is 0 Å². The van der Waals surface area contributed by atoms with Gasteiger partial charge < -0.3 is 16.0 Å². The van der Waals surface area contributed by atoms with E-state index in [2.05, 4.69) is 27.4 Å². The number of para-hydroxylation sites is 2. The average molecular weight is 252 g/mol. The Bertz CT molecular complexity index is 687. The van der Waals surface area contributed by atoms with Gasteiger partial charge in [-0.3, -0.25) is 0 Å². The first-order valence-corrected chi connectivity index (χ1v) is 6.33. The molecule has 3 rings (SSSR count). The van der Waals surface area contributed by atoms with Gasteiger partial charge in [-0.05, 0) is 36.2 Å². The summed E-state index contributed by atoms with van der Waals surface area (Å²) >= 11 is 0. The minimum atomic E-state index is 0.784. The molecule has 0 spiro atoms. The zero-order valence-electron chi connectivity index (χ0n) is 10.6. The van der Waals surface area contributed by atoms with Crippen molar-refractivity contribution in [3.63, 3.8) is 0 Å². The summed E-state index contributed by atoms with van der Waals surface area (Å²) in [6.07, 6.45) is 2.67. The summed E-state index contributed by atoms with van der Waals surface area (Å²) in [6.45, 7) is 0.855. The first-order valence-electron chi connectivity index (χ1n) is 6.33. The normalized spacial score (nSPS) is 10.7. The number of nitrogens with one attached hydrogen (secondary N) is 2. The number of benzene rings is 2. The van der Waals surface area contributed by atoms with E-state index in [0.717, 1.165) is 35.4 Å². The smallest absolute Gasteiger partial charge is 0.0931 e. The number of hydrogen-bond acceptors (Lipinski definition) is 3. The average Bonchev–Trinajstić information content (AvgIpc) is 2.88. The summed E-state index contributed by atoms with van der Waals surface area (Å²) in [6, 6.07) is 14.1. The highest BCUT2D eigenvalue weighted by atomic mass is 14.9. The minimum absolute atomic E-state index is 0.784. The van der Waals surface area contributed by atoms with Gasteiger partial charge in [0.25, 0.3) is 0 Å². The summed E-state index contributed by atoms with van der Waals surface area (Å²) in [5.41, 5.74) is 11.0. The molecule has 2 aromatic carbocycles. The Labute approximate surface area is 111 Å². The highest BCUT2D eigenvalue weighted by molar-refractivity contribution is 5.75. The lowest BCUT2D eigenvalue weighted by molar-refractivity contribution is 1.02. The molecule has 0 aliphatic carbocycles. The molecule has 0 fully saturated rings. The van der Waals surface area contributed by atoms with Crippen molar-refractivity contribution in [2.45, 2.75) is 6.42 Å². The number of nitrogen functional groups attached to an aromatic ring is 1. The maximum atomic E-state index is 5.88. The van der Waals surface area contributed by atoms with Crippen molar-refractivity contribution in [3.05, 3.63) is 54.4 Å². The fraction of sp³-hybridized carbons (Fsp3) is 0.133. The molecule has 1 aromatic heterocycles. The van der Waals surface area contributed by atoms with Gasteiger partial charge in [0.15, 0.2) is 0 Å². The standard InChI is InChI=1S/C15H16N4/c16-12-3-1-2-4-13(12)17-8-7-11-5-6-14-15(9-11)19-10-18-14/h1-6,9-10,17H,7-8,16H2,(H,18,19). The topological polar surface area (TPSA) is 66.7 Å². The number of aromatic amines is 1. The third kappa shape index (κ3) is 2.52. The van der Waals surface area contributed by atoms with Gasteiger partial charge in [-0.25, -0.2) is 4.98 Å². The number of nitrogens with zero attached hydrogens (tertiary/aromatic N) is 1. The predicted octanol–water partition coefficient (Wildman–Crippen LogP) is 2.80. The molecule has 0 bridgehead atoms. The van der Waals surface area contributed by atoms with Crippen LogP contribution in [0.2, 0.25) is 0 Å². The van der Waals surface area contributed by atoms with Crippen LogP contribution < -0.4 is 11.1 Å². The van der Waals surface area contributed by atoms with Crippen LogP contribution in [0.3, 0.4) is 0 Å². The number of imidazole rings is 1. The van der Waals surface area contributed by atoms with E-state index < -0.39 is 0 Å². The van der Waals surface area contributed by atoms with Gasteiger partial charge in [0.1, 0.15) is 0 Å². The van der Waals surface area contributed by atoms with Gasteiger partial charge in [-0.15, -0.1) is 0 Å². The third-order valence-corrected chi connectivity index (χ3v) is 3.17. The van der Waals surface area contributed by atoms with E-state index >= 15 is 0 Å². The number of hydrogen-bond donors (Lipinski definition) is 3. The van der Waals surface area contributed by atoms with E-state index in [9.17, 15) is 0 Å². The Kier molecular flexibility index (Phi) is 3.06. The van der Waals surface area contributed by atoms with E-state index in [1.807, 2.05) is 30.3 Å². The molecule has 1 heterocycles. The van der Waals surface area contributed by atoms with Crippen molar-refractivity contribution in [2.24, 2.45) is 0 Å². The van der Waals surface area contributed by atoms with Crippen molar-refractivity contribution in [1.82, 2.24) is 9.97 Å². The zero-order chi connectivity index (χ0) is 13.1. The second kappa shape index (κ2) is 5.02. The van der Waals surface area contributed by atoms with Crippen molar-refractivity contribution >= 4 is 22.4 Å². The first kappa shape index (κ1) is 11.6. The number of fused-ring (bicyclic) bond motifs is 1. The number of H-pyrrole nitrogens is 1. The number of anilines is 2. The summed E-state index contributed by atoms with van der Waals surface area (Å²) in [5.74, 6) is 0. The Hall–Kier alpha value is -2.49. The lowest BCUT2D eigenvalue weighted by Gasteiger charge is -2.08. The number of nitrogens with two attached hydrogens (primary N) is 1. The van der Waals surface area contributed by atoms with E-state index in [4.69, 9.17) is 5.73 Å². The molecular weight excluding hydrogens is 236 g/mol. The van der Waals surface area contributed by atoms with Gasteiger partial charge in [-0.2, -0.15) is 0 Å². The zero-order valence-corrected chi connectivity index (χ0v) is 10.6. The van der Waals surface area contributed by atoms with Crippen LogP contribution in [-0.2, 0) is 6.42 Å². The molecule has 96 valence electrons. The minimum Gasteiger partial charge on any atom is -0.397 e. The summed E-state index contributed by atoms with van der Waals surface area (Å²) in [5, 5.41) is 3.35. The molecule has 4 heteroatoms. The third-order valence-electron chi connectivity index (χ3n) is 3.17. The quantitative estimate of drug-likeness (QED) is 0.625. The fourth-order valence-electron chi connectivity index (χ4n) is 2.14. The molecule has 0 atom stereocenters. The summed E-state index contributed by atoms with van der Waals surface area (Å²) in [4.78, 5) is 7.34. The van der Waals surface area contributed by atoms with Crippen LogP contribution in [0.4, 0.5) is 11.4 Å². The van der Waals surface area contributed by atoms with Crippen LogP contribution in [0.15, 0.2) is 48.8 Å². The van der Waals surface area contributed by atoms with Gasteiger partial charge >= 0.3 is 0 Å². The van der Waals surface area contributed by atoms with E-state index in [0.29, 0.717) is 0 Å². The molecule has 0 saturated carbocycles. The molecular formula is C15H16N4.